The summed E-state index contributed by atoms with van der Waals surface area (Å²) in [5.41, 5.74) is 7.54. The smallest absolute Gasteiger partial charge is 0.241 e. The standard InChI is InChI=1S/C17H27N3O/c1-14(20-11-7-3-2-4-8-12-20)17(21)19-16-10-6-5-9-15(16)13-18/h5-6,9-10,14H,2-4,7-8,11-13,18H2,1H3,(H,19,21). The van der Waals surface area contributed by atoms with Crippen molar-refractivity contribution in [1.29, 1.82) is 0 Å². The van der Waals surface area contributed by atoms with E-state index in [1.165, 1.54) is 32.1 Å². The van der Waals surface area contributed by atoms with Crippen LogP contribution in [0, 0.1) is 0 Å². The molecular formula is C17H27N3O. The normalized spacial score (nSPS) is 18.6. The number of rotatable bonds is 4. The lowest BCUT2D eigenvalue weighted by molar-refractivity contribution is -0.120. The number of carbonyl (C=O) groups is 1. The van der Waals surface area contributed by atoms with E-state index in [2.05, 4.69) is 10.2 Å². The third-order valence-electron chi connectivity index (χ3n) is 4.31. The number of nitrogens with one attached hydrogen (secondary N) is 1. The first kappa shape index (κ1) is 16.0. The number of benzene rings is 1. The van der Waals surface area contributed by atoms with Crippen molar-refractivity contribution in [2.45, 2.75) is 51.6 Å². The summed E-state index contributed by atoms with van der Waals surface area (Å²) < 4.78 is 0. The highest BCUT2D eigenvalue weighted by Gasteiger charge is 2.22. The highest BCUT2D eigenvalue weighted by molar-refractivity contribution is 5.95. The number of amides is 1. The highest BCUT2D eigenvalue weighted by atomic mass is 16.2. The van der Waals surface area contributed by atoms with Crippen LogP contribution in [-0.2, 0) is 11.3 Å². The Morgan fingerprint density at radius 1 is 1.19 bits per heavy atom. The van der Waals surface area contributed by atoms with Crippen LogP contribution in [0.4, 0.5) is 5.69 Å². The van der Waals surface area contributed by atoms with Gasteiger partial charge in [-0.2, -0.15) is 0 Å². The second-order valence-electron chi connectivity index (χ2n) is 5.83. The minimum absolute atomic E-state index is 0.0662. The molecule has 1 aromatic carbocycles. The number of carbonyl (C=O) groups excluding carboxylic acids is 1. The number of hydrogen-bond donors (Lipinski definition) is 2. The molecule has 3 N–H and O–H groups in total. The Bertz CT molecular complexity index is 453. The molecule has 0 spiro atoms. The lowest BCUT2D eigenvalue weighted by Gasteiger charge is -2.29. The summed E-state index contributed by atoms with van der Waals surface area (Å²) in [5, 5.41) is 3.03. The Morgan fingerprint density at radius 3 is 2.48 bits per heavy atom. The van der Waals surface area contributed by atoms with E-state index in [1.54, 1.807) is 0 Å². The van der Waals surface area contributed by atoms with Gasteiger partial charge in [0.05, 0.1) is 6.04 Å². The average molecular weight is 289 g/mol. The predicted octanol–water partition coefficient (Wildman–Crippen LogP) is 2.74. The summed E-state index contributed by atoms with van der Waals surface area (Å²) in [7, 11) is 0. The topological polar surface area (TPSA) is 58.4 Å². The van der Waals surface area contributed by atoms with Gasteiger partial charge < -0.3 is 11.1 Å². The molecule has 1 fully saturated rings. The molecule has 21 heavy (non-hydrogen) atoms. The van der Waals surface area contributed by atoms with Gasteiger partial charge in [-0.15, -0.1) is 0 Å². The maximum Gasteiger partial charge on any atom is 0.241 e. The Hall–Kier alpha value is -1.39. The van der Waals surface area contributed by atoms with E-state index >= 15 is 0 Å². The zero-order valence-corrected chi connectivity index (χ0v) is 13.0. The fraction of sp³-hybridized carbons (Fsp3) is 0.588. The molecule has 0 aliphatic carbocycles. The van der Waals surface area contributed by atoms with Crippen LogP contribution in [0.25, 0.3) is 0 Å². The van der Waals surface area contributed by atoms with Gasteiger partial charge >= 0.3 is 0 Å². The molecule has 1 aliphatic heterocycles. The molecule has 1 aromatic rings. The fourth-order valence-electron chi connectivity index (χ4n) is 2.88. The van der Waals surface area contributed by atoms with Gasteiger partial charge in [0.25, 0.3) is 0 Å². The van der Waals surface area contributed by atoms with Gasteiger partial charge in [-0.1, -0.05) is 37.5 Å². The van der Waals surface area contributed by atoms with Crippen LogP contribution in [0.15, 0.2) is 24.3 Å². The largest absolute Gasteiger partial charge is 0.326 e. The molecule has 116 valence electrons. The van der Waals surface area contributed by atoms with Crippen LogP contribution in [0.1, 0.15) is 44.6 Å². The van der Waals surface area contributed by atoms with E-state index < -0.39 is 0 Å². The van der Waals surface area contributed by atoms with Crippen molar-refractivity contribution in [2.75, 3.05) is 18.4 Å². The molecule has 1 amide bonds. The molecule has 1 heterocycles. The van der Waals surface area contributed by atoms with Crippen LogP contribution in [0.5, 0.6) is 0 Å². The highest BCUT2D eigenvalue weighted by Crippen LogP contribution is 2.17. The number of likely N-dealkylation sites (tertiary alicyclic amines) is 1. The van der Waals surface area contributed by atoms with Crippen LogP contribution >= 0.6 is 0 Å². The maximum absolute atomic E-state index is 12.5. The Balaban J connectivity index is 1.97. The zero-order valence-electron chi connectivity index (χ0n) is 13.0. The second kappa shape index (κ2) is 8.15. The minimum Gasteiger partial charge on any atom is -0.326 e. The van der Waals surface area contributed by atoms with Crippen molar-refractivity contribution in [3.63, 3.8) is 0 Å². The van der Waals surface area contributed by atoms with E-state index in [9.17, 15) is 4.79 Å². The Kier molecular flexibility index (Phi) is 6.21. The molecule has 0 aromatic heterocycles. The second-order valence-corrected chi connectivity index (χ2v) is 5.83. The summed E-state index contributed by atoms with van der Waals surface area (Å²) in [4.78, 5) is 14.8. The first-order valence-electron chi connectivity index (χ1n) is 8.05. The molecule has 1 saturated heterocycles. The van der Waals surface area contributed by atoms with Gasteiger partial charge in [-0.3, -0.25) is 9.69 Å². The lowest BCUT2D eigenvalue weighted by Crippen LogP contribution is -2.43. The van der Waals surface area contributed by atoms with E-state index in [0.29, 0.717) is 6.54 Å². The van der Waals surface area contributed by atoms with E-state index in [-0.39, 0.29) is 11.9 Å². The van der Waals surface area contributed by atoms with Crippen molar-refractivity contribution < 1.29 is 4.79 Å². The molecule has 1 unspecified atom stereocenters. The van der Waals surface area contributed by atoms with Gasteiger partial charge in [0.2, 0.25) is 5.91 Å². The predicted molar refractivity (Wildman–Crippen MR) is 87.1 cm³/mol. The van der Waals surface area contributed by atoms with Crippen LogP contribution < -0.4 is 11.1 Å². The number of anilines is 1. The Morgan fingerprint density at radius 2 is 1.81 bits per heavy atom. The molecule has 4 nitrogen and oxygen atoms in total. The monoisotopic (exact) mass is 289 g/mol. The summed E-state index contributed by atoms with van der Waals surface area (Å²) in [6.45, 7) is 4.48. The molecule has 1 aliphatic rings. The van der Waals surface area contributed by atoms with Gasteiger partial charge in [0.1, 0.15) is 0 Å². The van der Waals surface area contributed by atoms with Crippen LogP contribution in [0.3, 0.4) is 0 Å². The molecule has 0 radical (unpaired) electrons. The molecule has 1 atom stereocenters. The van der Waals surface area contributed by atoms with Crippen LogP contribution in [-0.4, -0.2) is 29.9 Å². The van der Waals surface area contributed by atoms with Crippen molar-refractivity contribution in [3.8, 4) is 0 Å². The summed E-state index contributed by atoms with van der Waals surface area (Å²) in [6.07, 6.45) is 6.27. The van der Waals surface area contributed by atoms with Crippen molar-refractivity contribution in [1.82, 2.24) is 4.90 Å². The number of hydrogen-bond acceptors (Lipinski definition) is 3. The fourth-order valence-corrected chi connectivity index (χ4v) is 2.88. The number of nitrogens with two attached hydrogens (primary N) is 1. The summed E-state index contributed by atoms with van der Waals surface area (Å²) in [6, 6.07) is 7.65. The van der Waals surface area contributed by atoms with Crippen molar-refractivity contribution >= 4 is 11.6 Å². The third-order valence-corrected chi connectivity index (χ3v) is 4.31. The van der Waals surface area contributed by atoms with Crippen molar-refractivity contribution in [2.24, 2.45) is 5.73 Å². The maximum atomic E-state index is 12.5. The number of nitrogens with zero attached hydrogens (tertiary/aromatic N) is 1. The molecule has 4 heteroatoms. The first-order chi connectivity index (χ1) is 10.2. The van der Waals surface area contributed by atoms with E-state index in [1.807, 2.05) is 31.2 Å². The molecule has 0 bridgehead atoms. The van der Waals surface area contributed by atoms with Gasteiger partial charge in [-0.25, -0.2) is 0 Å². The van der Waals surface area contributed by atoms with Gasteiger partial charge in [0.15, 0.2) is 0 Å². The first-order valence-corrected chi connectivity index (χ1v) is 8.05. The van der Waals surface area contributed by atoms with Gasteiger partial charge in [0, 0.05) is 12.2 Å². The Labute approximate surface area is 127 Å². The lowest BCUT2D eigenvalue weighted by atomic mass is 10.1. The molecule has 2 rings (SSSR count). The number of para-hydroxylation sites is 1. The van der Waals surface area contributed by atoms with Gasteiger partial charge in [-0.05, 0) is 44.5 Å². The van der Waals surface area contributed by atoms with E-state index in [0.717, 1.165) is 24.3 Å². The molecular weight excluding hydrogens is 262 g/mol. The summed E-state index contributed by atoms with van der Waals surface area (Å²) in [5.74, 6) is 0.0662. The SMILES string of the molecule is CC(C(=O)Nc1ccccc1CN)N1CCCCCCC1. The third kappa shape index (κ3) is 4.55. The van der Waals surface area contributed by atoms with Crippen LogP contribution in [0.2, 0.25) is 0 Å². The molecule has 0 saturated carbocycles. The zero-order chi connectivity index (χ0) is 15.1. The van der Waals surface area contributed by atoms with Crippen molar-refractivity contribution in [3.05, 3.63) is 29.8 Å². The summed E-state index contributed by atoms with van der Waals surface area (Å²) >= 11 is 0. The quantitative estimate of drug-likeness (QED) is 0.896. The average Bonchev–Trinajstić information content (AvgIpc) is 2.47. The van der Waals surface area contributed by atoms with E-state index in [4.69, 9.17) is 5.73 Å². The minimum atomic E-state index is -0.0890.